The van der Waals surface area contributed by atoms with Gasteiger partial charge in [0.1, 0.15) is 0 Å². The van der Waals surface area contributed by atoms with Crippen molar-refractivity contribution in [1.82, 2.24) is 5.32 Å². The van der Waals surface area contributed by atoms with Crippen LogP contribution in [0.3, 0.4) is 0 Å². The molecule has 0 aliphatic heterocycles. The van der Waals surface area contributed by atoms with Gasteiger partial charge >= 0.3 is 0 Å². The Morgan fingerprint density at radius 3 is 2.74 bits per heavy atom. The van der Waals surface area contributed by atoms with Crippen LogP contribution in [0.2, 0.25) is 0 Å². The predicted molar refractivity (Wildman–Crippen MR) is 93.2 cm³/mol. The van der Waals surface area contributed by atoms with Crippen molar-refractivity contribution >= 4 is 21.6 Å². The van der Waals surface area contributed by atoms with E-state index in [4.69, 9.17) is 0 Å². The Hall–Kier alpha value is -1.82. The molecule has 126 valence electrons. The van der Waals surface area contributed by atoms with Crippen molar-refractivity contribution in [1.29, 1.82) is 0 Å². The molecule has 0 unspecified atom stereocenters. The fraction of sp³-hybridized carbons (Fsp3) is 0.471. The molecule has 1 amide bonds. The standard InChI is InChI=1S/C17H24N2O3S/c1-19(23(2,21)22)16-10-6-9-15(13-16)17(20)18-12-11-14-7-4-3-5-8-14/h6-7,9-10,13H,3-5,8,11-12H2,1-2H3,(H,18,20). The van der Waals surface area contributed by atoms with E-state index in [1.165, 1.54) is 25.5 Å². The van der Waals surface area contributed by atoms with E-state index in [9.17, 15) is 13.2 Å². The van der Waals surface area contributed by atoms with Crippen molar-refractivity contribution in [3.8, 4) is 0 Å². The number of nitrogens with one attached hydrogen (secondary N) is 1. The summed E-state index contributed by atoms with van der Waals surface area (Å²) >= 11 is 0. The summed E-state index contributed by atoms with van der Waals surface area (Å²) in [7, 11) is -1.86. The minimum Gasteiger partial charge on any atom is -0.352 e. The lowest BCUT2D eigenvalue weighted by atomic mass is 9.97. The SMILES string of the molecule is CN(c1cccc(C(=O)NCCC2=CCCCC2)c1)S(C)(=O)=O. The molecule has 0 saturated carbocycles. The summed E-state index contributed by atoms with van der Waals surface area (Å²) in [4.78, 5) is 12.2. The highest BCUT2D eigenvalue weighted by Gasteiger charge is 2.14. The van der Waals surface area contributed by atoms with Gasteiger partial charge in [0.15, 0.2) is 0 Å². The molecule has 1 N–H and O–H groups in total. The second-order valence-electron chi connectivity index (χ2n) is 5.89. The normalized spacial score (nSPS) is 15.0. The fourth-order valence-electron chi connectivity index (χ4n) is 2.60. The average molecular weight is 336 g/mol. The maximum absolute atomic E-state index is 12.2. The lowest BCUT2D eigenvalue weighted by molar-refractivity contribution is 0.0954. The van der Waals surface area contributed by atoms with Crippen LogP contribution in [0, 0.1) is 0 Å². The highest BCUT2D eigenvalue weighted by atomic mass is 32.2. The van der Waals surface area contributed by atoms with Crippen molar-refractivity contribution in [3.63, 3.8) is 0 Å². The minimum atomic E-state index is -3.34. The molecule has 0 radical (unpaired) electrons. The van der Waals surface area contributed by atoms with Crippen molar-refractivity contribution < 1.29 is 13.2 Å². The van der Waals surface area contributed by atoms with Gasteiger partial charge in [-0.15, -0.1) is 0 Å². The molecule has 0 fully saturated rings. The first-order valence-corrected chi connectivity index (χ1v) is 9.73. The Kier molecular flexibility index (Phi) is 5.82. The monoisotopic (exact) mass is 336 g/mol. The van der Waals surface area contributed by atoms with Gasteiger partial charge in [-0.1, -0.05) is 17.7 Å². The zero-order chi connectivity index (χ0) is 16.9. The molecule has 0 atom stereocenters. The van der Waals surface area contributed by atoms with Crippen LogP contribution in [0.4, 0.5) is 5.69 Å². The molecule has 1 aromatic rings. The zero-order valence-corrected chi connectivity index (χ0v) is 14.5. The molecule has 0 aromatic heterocycles. The van der Waals surface area contributed by atoms with E-state index in [0.717, 1.165) is 29.8 Å². The molecule has 1 aromatic carbocycles. The molecular weight excluding hydrogens is 312 g/mol. The van der Waals surface area contributed by atoms with Gasteiger partial charge < -0.3 is 5.32 Å². The summed E-state index contributed by atoms with van der Waals surface area (Å²) in [5.41, 5.74) is 2.37. The van der Waals surface area contributed by atoms with Gasteiger partial charge in [-0.2, -0.15) is 0 Å². The van der Waals surface area contributed by atoms with E-state index in [1.807, 2.05) is 0 Å². The minimum absolute atomic E-state index is 0.176. The fourth-order valence-corrected chi connectivity index (χ4v) is 3.10. The van der Waals surface area contributed by atoms with E-state index in [0.29, 0.717) is 17.8 Å². The number of amides is 1. The number of nitrogens with zero attached hydrogens (tertiary/aromatic N) is 1. The first-order valence-electron chi connectivity index (χ1n) is 7.88. The van der Waals surface area contributed by atoms with E-state index in [-0.39, 0.29) is 5.91 Å². The average Bonchev–Trinajstić information content (AvgIpc) is 2.54. The Morgan fingerprint density at radius 1 is 1.30 bits per heavy atom. The van der Waals surface area contributed by atoms with Crippen LogP contribution >= 0.6 is 0 Å². The largest absolute Gasteiger partial charge is 0.352 e. The van der Waals surface area contributed by atoms with E-state index in [1.54, 1.807) is 24.3 Å². The van der Waals surface area contributed by atoms with Crippen molar-refractivity contribution in [2.24, 2.45) is 0 Å². The molecule has 1 aliphatic carbocycles. The number of rotatable bonds is 6. The second kappa shape index (κ2) is 7.64. The number of anilines is 1. The van der Waals surface area contributed by atoms with Crippen molar-refractivity contribution in [2.45, 2.75) is 32.1 Å². The van der Waals surface area contributed by atoms with Crippen LogP contribution in [0.25, 0.3) is 0 Å². The molecule has 0 spiro atoms. The second-order valence-corrected chi connectivity index (χ2v) is 7.91. The first kappa shape index (κ1) is 17.5. The summed E-state index contributed by atoms with van der Waals surface area (Å²) in [6.45, 7) is 0.608. The molecule has 2 rings (SSSR count). The van der Waals surface area contributed by atoms with Gasteiger partial charge in [-0.25, -0.2) is 8.42 Å². The molecule has 23 heavy (non-hydrogen) atoms. The van der Waals surface area contributed by atoms with E-state index < -0.39 is 10.0 Å². The van der Waals surface area contributed by atoms with Gasteiger partial charge in [-0.3, -0.25) is 9.10 Å². The molecule has 1 aliphatic rings. The van der Waals surface area contributed by atoms with Crippen LogP contribution in [0.1, 0.15) is 42.5 Å². The maximum Gasteiger partial charge on any atom is 0.251 e. The van der Waals surface area contributed by atoms with Crippen LogP contribution in [0.5, 0.6) is 0 Å². The molecule has 0 bridgehead atoms. The van der Waals surface area contributed by atoms with Crippen LogP contribution in [-0.2, 0) is 10.0 Å². The number of sulfonamides is 1. The van der Waals surface area contributed by atoms with Crippen LogP contribution < -0.4 is 9.62 Å². The summed E-state index contributed by atoms with van der Waals surface area (Å²) in [6, 6.07) is 6.64. The summed E-state index contributed by atoms with van der Waals surface area (Å²) in [5, 5.41) is 2.90. The topological polar surface area (TPSA) is 66.5 Å². The van der Waals surface area contributed by atoms with E-state index >= 15 is 0 Å². The number of hydrogen-bond donors (Lipinski definition) is 1. The molecule has 6 heteroatoms. The quantitative estimate of drug-likeness (QED) is 0.812. The van der Waals surface area contributed by atoms with Crippen molar-refractivity contribution in [2.75, 3.05) is 24.2 Å². The van der Waals surface area contributed by atoms with Gasteiger partial charge in [0, 0.05) is 19.2 Å². The molecule has 0 saturated heterocycles. The third-order valence-electron chi connectivity index (χ3n) is 4.09. The van der Waals surface area contributed by atoms with Crippen LogP contribution in [0.15, 0.2) is 35.9 Å². The zero-order valence-electron chi connectivity index (χ0n) is 13.7. The maximum atomic E-state index is 12.2. The Labute approximate surface area is 138 Å². The highest BCUT2D eigenvalue weighted by Crippen LogP contribution is 2.20. The van der Waals surface area contributed by atoms with Crippen molar-refractivity contribution in [3.05, 3.63) is 41.5 Å². The van der Waals surface area contributed by atoms with Gasteiger partial charge in [-0.05, 0) is 50.3 Å². The number of carbonyl (C=O) groups is 1. The lowest BCUT2D eigenvalue weighted by Gasteiger charge is -2.17. The van der Waals surface area contributed by atoms with Gasteiger partial charge in [0.25, 0.3) is 5.91 Å². The highest BCUT2D eigenvalue weighted by molar-refractivity contribution is 7.92. The van der Waals surface area contributed by atoms with Gasteiger partial charge in [0.2, 0.25) is 10.0 Å². The first-order chi connectivity index (χ1) is 10.9. The number of hydrogen-bond acceptors (Lipinski definition) is 3. The lowest BCUT2D eigenvalue weighted by Crippen LogP contribution is -2.27. The Balaban J connectivity index is 1.95. The smallest absolute Gasteiger partial charge is 0.251 e. The van der Waals surface area contributed by atoms with E-state index in [2.05, 4.69) is 11.4 Å². The predicted octanol–water partition coefficient (Wildman–Crippen LogP) is 2.70. The third-order valence-corrected chi connectivity index (χ3v) is 5.29. The summed E-state index contributed by atoms with van der Waals surface area (Å²) in [5.74, 6) is -0.176. The Bertz CT molecular complexity index is 696. The number of benzene rings is 1. The third kappa shape index (κ3) is 5.10. The summed E-state index contributed by atoms with van der Waals surface area (Å²) < 4.78 is 24.3. The van der Waals surface area contributed by atoms with Gasteiger partial charge in [0.05, 0.1) is 11.9 Å². The number of allylic oxidation sites excluding steroid dienone is 1. The molecule has 5 nitrogen and oxygen atoms in total. The van der Waals surface area contributed by atoms with Crippen LogP contribution in [-0.4, -0.2) is 34.2 Å². The molecular formula is C17H24N2O3S. The summed E-state index contributed by atoms with van der Waals surface area (Å²) in [6.07, 6.45) is 9.06. The number of carbonyl (C=O) groups excluding carboxylic acids is 1. The molecule has 0 heterocycles. The Morgan fingerprint density at radius 2 is 2.09 bits per heavy atom.